The molecule has 0 radical (unpaired) electrons. The summed E-state index contributed by atoms with van der Waals surface area (Å²) < 4.78 is 7.68. The fraction of sp³-hybridized carbons (Fsp3) is 0.455. The molecule has 1 amide bonds. The van der Waals surface area contributed by atoms with Crippen molar-refractivity contribution in [3.8, 4) is 0 Å². The highest BCUT2D eigenvalue weighted by atomic mass is 16.5. The van der Waals surface area contributed by atoms with Crippen LogP contribution in [0.4, 0.5) is 0 Å². The molecule has 1 aromatic heterocycles. The number of benzene rings is 1. The highest BCUT2D eigenvalue weighted by Crippen LogP contribution is 2.17. The van der Waals surface area contributed by atoms with Gasteiger partial charge in [-0.2, -0.15) is 5.10 Å². The molecule has 144 valence electrons. The average Bonchev–Trinajstić information content (AvgIpc) is 3.32. The fourth-order valence-corrected chi connectivity index (χ4v) is 3.42. The zero-order chi connectivity index (χ0) is 19.1. The van der Waals surface area contributed by atoms with Crippen LogP contribution in [-0.2, 0) is 11.3 Å². The SMILES string of the molecule is CCCn1ncc(C(=O)N(C/C=C/c2ccccc2)C[C@@H]2CCCO2)c1C. The number of hydrogen-bond acceptors (Lipinski definition) is 3. The van der Waals surface area contributed by atoms with Gasteiger partial charge in [-0.1, -0.05) is 49.4 Å². The van der Waals surface area contributed by atoms with Crippen molar-refractivity contribution in [2.45, 2.75) is 45.8 Å². The van der Waals surface area contributed by atoms with Gasteiger partial charge in [-0.3, -0.25) is 9.48 Å². The van der Waals surface area contributed by atoms with Gasteiger partial charge in [-0.05, 0) is 31.7 Å². The Labute approximate surface area is 161 Å². The normalized spacial score (nSPS) is 16.9. The summed E-state index contributed by atoms with van der Waals surface area (Å²) in [5.41, 5.74) is 2.76. The smallest absolute Gasteiger partial charge is 0.257 e. The van der Waals surface area contributed by atoms with Gasteiger partial charge in [-0.15, -0.1) is 0 Å². The highest BCUT2D eigenvalue weighted by molar-refractivity contribution is 5.95. The van der Waals surface area contributed by atoms with E-state index in [1.165, 1.54) is 0 Å². The molecule has 1 fully saturated rings. The minimum absolute atomic E-state index is 0.0306. The molecule has 0 saturated carbocycles. The summed E-state index contributed by atoms with van der Waals surface area (Å²) in [5, 5.41) is 4.39. The molecule has 0 aliphatic carbocycles. The quantitative estimate of drug-likeness (QED) is 0.710. The van der Waals surface area contributed by atoms with Crippen molar-refractivity contribution in [3.63, 3.8) is 0 Å². The van der Waals surface area contributed by atoms with Crippen LogP contribution < -0.4 is 0 Å². The first-order chi connectivity index (χ1) is 13.2. The molecule has 1 aliphatic rings. The second-order valence-corrected chi connectivity index (χ2v) is 7.03. The number of aromatic nitrogens is 2. The second-order valence-electron chi connectivity index (χ2n) is 7.03. The molecule has 1 saturated heterocycles. The van der Waals surface area contributed by atoms with E-state index < -0.39 is 0 Å². The third kappa shape index (κ3) is 5.07. The molecule has 0 bridgehead atoms. The first-order valence-electron chi connectivity index (χ1n) is 9.84. The highest BCUT2D eigenvalue weighted by Gasteiger charge is 2.25. The molecule has 3 rings (SSSR count). The number of rotatable bonds is 8. The molecule has 0 spiro atoms. The predicted octanol–water partition coefficient (Wildman–Crippen LogP) is 3.94. The van der Waals surface area contributed by atoms with Crippen LogP contribution in [0.1, 0.15) is 47.8 Å². The monoisotopic (exact) mass is 367 g/mol. The average molecular weight is 367 g/mol. The van der Waals surface area contributed by atoms with Crippen LogP contribution >= 0.6 is 0 Å². The standard InChI is InChI=1S/C22H29N3O2/c1-3-13-25-18(2)21(16-23-25)22(26)24(17-20-12-8-15-27-20)14-7-11-19-9-5-4-6-10-19/h4-7,9-11,16,20H,3,8,12-15,17H2,1-2H3/b11-7+/t20-/m0/s1. The van der Waals surface area contributed by atoms with Crippen LogP contribution in [0.2, 0.25) is 0 Å². The van der Waals surface area contributed by atoms with Crippen molar-refractivity contribution in [3.05, 3.63) is 59.4 Å². The van der Waals surface area contributed by atoms with E-state index in [0.717, 1.165) is 43.7 Å². The summed E-state index contributed by atoms with van der Waals surface area (Å²) in [6.45, 7) is 6.89. The number of aryl methyl sites for hydroxylation is 1. The number of hydrogen-bond donors (Lipinski definition) is 0. The number of carbonyl (C=O) groups is 1. The Balaban J connectivity index is 1.74. The molecule has 1 aliphatic heterocycles. The first-order valence-corrected chi connectivity index (χ1v) is 9.84. The Morgan fingerprint density at radius 3 is 2.89 bits per heavy atom. The van der Waals surface area contributed by atoms with Crippen LogP contribution in [0.15, 0.2) is 42.6 Å². The van der Waals surface area contributed by atoms with Gasteiger partial charge in [0.15, 0.2) is 0 Å². The molecule has 2 heterocycles. The first kappa shape index (κ1) is 19.4. The van der Waals surface area contributed by atoms with Crippen LogP contribution in [0, 0.1) is 6.92 Å². The van der Waals surface area contributed by atoms with Gasteiger partial charge in [0.25, 0.3) is 5.91 Å². The number of ether oxygens (including phenoxy) is 1. The van der Waals surface area contributed by atoms with E-state index in [1.54, 1.807) is 6.20 Å². The molecule has 5 nitrogen and oxygen atoms in total. The Morgan fingerprint density at radius 2 is 2.19 bits per heavy atom. The molecular formula is C22H29N3O2. The van der Waals surface area contributed by atoms with Crippen molar-refractivity contribution >= 4 is 12.0 Å². The lowest BCUT2D eigenvalue weighted by Gasteiger charge is -2.24. The molecule has 2 aromatic rings. The van der Waals surface area contributed by atoms with Crippen LogP contribution in [0.25, 0.3) is 6.08 Å². The number of nitrogens with zero attached hydrogens (tertiary/aromatic N) is 3. The van der Waals surface area contributed by atoms with Gasteiger partial charge in [0, 0.05) is 31.9 Å². The zero-order valence-electron chi connectivity index (χ0n) is 16.3. The minimum atomic E-state index is 0.0306. The largest absolute Gasteiger partial charge is 0.376 e. The van der Waals surface area contributed by atoms with E-state index in [0.29, 0.717) is 18.7 Å². The van der Waals surface area contributed by atoms with Crippen molar-refractivity contribution in [2.24, 2.45) is 0 Å². The van der Waals surface area contributed by atoms with Gasteiger partial charge >= 0.3 is 0 Å². The van der Waals surface area contributed by atoms with E-state index in [-0.39, 0.29) is 12.0 Å². The van der Waals surface area contributed by atoms with E-state index in [9.17, 15) is 4.79 Å². The summed E-state index contributed by atoms with van der Waals surface area (Å²) in [6, 6.07) is 10.1. The predicted molar refractivity (Wildman–Crippen MR) is 108 cm³/mol. The van der Waals surface area contributed by atoms with E-state index in [4.69, 9.17) is 4.74 Å². The van der Waals surface area contributed by atoms with E-state index >= 15 is 0 Å². The Morgan fingerprint density at radius 1 is 1.37 bits per heavy atom. The van der Waals surface area contributed by atoms with E-state index in [2.05, 4.69) is 30.2 Å². The lowest BCUT2D eigenvalue weighted by Crippen LogP contribution is -2.37. The lowest BCUT2D eigenvalue weighted by molar-refractivity contribution is 0.0553. The molecular weight excluding hydrogens is 338 g/mol. The third-order valence-electron chi connectivity index (χ3n) is 4.94. The topological polar surface area (TPSA) is 47.4 Å². The maximum atomic E-state index is 13.2. The van der Waals surface area contributed by atoms with Gasteiger partial charge in [-0.25, -0.2) is 0 Å². The van der Waals surface area contributed by atoms with Crippen LogP contribution in [-0.4, -0.2) is 46.4 Å². The Kier molecular flexibility index (Phi) is 6.82. The summed E-state index contributed by atoms with van der Waals surface area (Å²) >= 11 is 0. The maximum absolute atomic E-state index is 13.2. The number of amides is 1. The molecule has 1 aromatic carbocycles. The molecule has 5 heteroatoms. The minimum Gasteiger partial charge on any atom is -0.376 e. The molecule has 0 unspecified atom stereocenters. The van der Waals surface area contributed by atoms with Crippen LogP contribution in [0.3, 0.4) is 0 Å². The van der Waals surface area contributed by atoms with Gasteiger partial charge in [0.2, 0.25) is 0 Å². The van der Waals surface area contributed by atoms with Crippen molar-refractivity contribution in [1.29, 1.82) is 0 Å². The van der Waals surface area contributed by atoms with Crippen molar-refractivity contribution < 1.29 is 9.53 Å². The Bertz CT molecular complexity index is 761. The summed E-state index contributed by atoms with van der Waals surface area (Å²) in [4.78, 5) is 15.1. The number of carbonyl (C=O) groups excluding carboxylic acids is 1. The second kappa shape index (κ2) is 9.51. The summed E-state index contributed by atoms with van der Waals surface area (Å²) in [5.74, 6) is 0.0306. The maximum Gasteiger partial charge on any atom is 0.257 e. The molecule has 1 atom stereocenters. The van der Waals surface area contributed by atoms with Gasteiger partial charge in [0.1, 0.15) is 0 Å². The van der Waals surface area contributed by atoms with Gasteiger partial charge in [0.05, 0.1) is 17.9 Å². The molecule has 27 heavy (non-hydrogen) atoms. The summed E-state index contributed by atoms with van der Waals surface area (Å²) in [7, 11) is 0. The summed E-state index contributed by atoms with van der Waals surface area (Å²) in [6.07, 6.45) is 9.02. The fourth-order valence-electron chi connectivity index (χ4n) is 3.42. The lowest BCUT2D eigenvalue weighted by atomic mass is 10.1. The van der Waals surface area contributed by atoms with Crippen molar-refractivity contribution in [2.75, 3.05) is 19.7 Å². The third-order valence-corrected chi connectivity index (χ3v) is 4.94. The molecule has 0 N–H and O–H groups in total. The van der Waals surface area contributed by atoms with E-state index in [1.807, 2.05) is 40.8 Å². The Hall–Kier alpha value is -2.40. The zero-order valence-corrected chi connectivity index (χ0v) is 16.3. The van der Waals surface area contributed by atoms with Crippen LogP contribution in [0.5, 0.6) is 0 Å². The van der Waals surface area contributed by atoms with Crippen molar-refractivity contribution in [1.82, 2.24) is 14.7 Å². The van der Waals surface area contributed by atoms with Gasteiger partial charge < -0.3 is 9.64 Å².